The summed E-state index contributed by atoms with van der Waals surface area (Å²) in [4.78, 5) is 16.4. The molecule has 2 aliphatic carbocycles. The predicted molar refractivity (Wildman–Crippen MR) is 96.1 cm³/mol. The number of rotatable bonds is 4. The number of pyridine rings is 1. The Bertz CT molecular complexity index is 906. The van der Waals surface area contributed by atoms with Gasteiger partial charge in [-0.1, -0.05) is 6.07 Å². The molecule has 1 N–H and O–H groups in total. The highest BCUT2D eigenvalue weighted by Crippen LogP contribution is 2.40. The molecule has 7 heteroatoms. The molecule has 0 bridgehead atoms. The highest BCUT2D eigenvalue weighted by molar-refractivity contribution is 5.78. The normalized spacial score (nSPS) is 19.2. The lowest BCUT2D eigenvalue weighted by Crippen LogP contribution is -2.28. The molecule has 2 aliphatic rings. The zero-order chi connectivity index (χ0) is 19.9. The number of halogens is 4. The van der Waals surface area contributed by atoms with Crippen molar-refractivity contribution < 1.29 is 22.4 Å². The molecule has 28 heavy (non-hydrogen) atoms. The lowest BCUT2D eigenvalue weighted by atomic mass is 9.79. The quantitative estimate of drug-likeness (QED) is 0.745. The fraction of sp³-hybridized carbons (Fsp3) is 0.429. The van der Waals surface area contributed by atoms with Crippen molar-refractivity contribution in [1.82, 2.24) is 10.3 Å². The molecule has 1 heterocycles. The molecular weight excluding hydrogens is 372 g/mol. The van der Waals surface area contributed by atoms with Crippen LogP contribution < -0.4 is 5.32 Å². The molecular formula is C21H20F4N2O. The summed E-state index contributed by atoms with van der Waals surface area (Å²) in [5.74, 6) is -0.919. The summed E-state index contributed by atoms with van der Waals surface area (Å²) < 4.78 is 53.0. The minimum absolute atomic E-state index is 0.00598. The fourth-order valence-corrected chi connectivity index (χ4v) is 3.91. The second-order valence-corrected chi connectivity index (χ2v) is 7.58. The molecule has 4 rings (SSSR count). The standard InChI is InChI=1S/C21H20F4N2O/c22-19-9-13(21(23,24)25)4-7-16(19)18-11-26-10-17-12(2-1-3-15(17)18)8-20(28)27-14-5-6-14/h4,7,9-12,14H,1-3,5-6,8H2,(H,27,28). The van der Waals surface area contributed by atoms with Gasteiger partial charge in [-0.15, -0.1) is 0 Å². The molecule has 1 amide bonds. The molecule has 0 spiro atoms. The first kappa shape index (κ1) is 18.9. The average molecular weight is 392 g/mol. The van der Waals surface area contributed by atoms with Crippen LogP contribution in [0, 0.1) is 5.82 Å². The van der Waals surface area contributed by atoms with Crippen LogP contribution in [0.2, 0.25) is 0 Å². The van der Waals surface area contributed by atoms with E-state index in [4.69, 9.17) is 0 Å². The van der Waals surface area contributed by atoms with E-state index in [1.807, 2.05) is 0 Å². The first-order valence-corrected chi connectivity index (χ1v) is 9.46. The number of aromatic nitrogens is 1. The molecule has 148 valence electrons. The van der Waals surface area contributed by atoms with Crippen LogP contribution in [0.25, 0.3) is 11.1 Å². The Morgan fingerprint density at radius 2 is 1.93 bits per heavy atom. The van der Waals surface area contributed by atoms with E-state index in [1.54, 1.807) is 6.20 Å². The van der Waals surface area contributed by atoms with E-state index in [-0.39, 0.29) is 17.4 Å². The average Bonchev–Trinajstić information content (AvgIpc) is 3.45. The largest absolute Gasteiger partial charge is 0.416 e. The van der Waals surface area contributed by atoms with Gasteiger partial charge >= 0.3 is 6.18 Å². The first-order valence-electron chi connectivity index (χ1n) is 9.46. The number of nitrogens with zero attached hydrogens (tertiary/aromatic N) is 1. The first-order chi connectivity index (χ1) is 13.3. The summed E-state index contributed by atoms with van der Waals surface area (Å²) in [7, 11) is 0. The molecule has 1 atom stereocenters. The van der Waals surface area contributed by atoms with Crippen LogP contribution in [0.5, 0.6) is 0 Å². The van der Waals surface area contributed by atoms with Gasteiger partial charge in [-0.25, -0.2) is 4.39 Å². The van der Waals surface area contributed by atoms with Crippen LogP contribution >= 0.6 is 0 Å². The number of carbonyl (C=O) groups excluding carboxylic acids is 1. The zero-order valence-corrected chi connectivity index (χ0v) is 15.2. The number of benzene rings is 1. The van der Waals surface area contributed by atoms with Gasteiger partial charge in [0.25, 0.3) is 0 Å². The number of hydrogen-bond acceptors (Lipinski definition) is 2. The summed E-state index contributed by atoms with van der Waals surface area (Å²) in [6, 6.07) is 2.87. The number of hydrogen-bond donors (Lipinski definition) is 1. The second-order valence-electron chi connectivity index (χ2n) is 7.58. The number of carbonyl (C=O) groups is 1. The van der Waals surface area contributed by atoms with Crippen molar-refractivity contribution >= 4 is 5.91 Å². The van der Waals surface area contributed by atoms with Gasteiger partial charge in [0.1, 0.15) is 5.82 Å². The van der Waals surface area contributed by atoms with Gasteiger partial charge in [0, 0.05) is 36.0 Å². The van der Waals surface area contributed by atoms with E-state index in [0.29, 0.717) is 30.5 Å². The van der Waals surface area contributed by atoms with Crippen molar-refractivity contribution in [2.45, 2.75) is 56.7 Å². The van der Waals surface area contributed by atoms with Gasteiger partial charge in [0.15, 0.2) is 0 Å². The summed E-state index contributed by atoms with van der Waals surface area (Å²) in [5.41, 5.74) is 1.38. The van der Waals surface area contributed by atoms with Crippen molar-refractivity contribution in [3.63, 3.8) is 0 Å². The van der Waals surface area contributed by atoms with Gasteiger partial charge in [-0.05, 0) is 61.3 Å². The van der Waals surface area contributed by atoms with Crippen LogP contribution in [0.1, 0.15) is 54.7 Å². The van der Waals surface area contributed by atoms with Crippen LogP contribution in [-0.2, 0) is 17.4 Å². The molecule has 3 nitrogen and oxygen atoms in total. The van der Waals surface area contributed by atoms with E-state index in [9.17, 15) is 22.4 Å². The maximum Gasteiger partial charge on any atom is 0.416 e. The minimum atomic E-state index is -4.59. The Morgan fingerprint density at radius 3 is 2.61 bits per heavy atom. The molecule has 0 saturated heterocycles. The van der Waals surface area contributed by atoms with Crippen molar-refractivity contribution in [3.05, 3.63) is 53.1 Å². The molecule has 1 aromatic carbocycles. The molecule has 0 aliphatic heterocycles. The number of amides is 1. The van der Waals surface area contributed by atoms with Crippen molar-refractivity contribution in [2.24, 2.45) is 0 Å². The third-order valence-electron chi connectivity index (χ3n) is 5.47. The van der Waals surface area contributed by atoms with Crippen LogP contribution in [0.15, 0.2) is 30.6 Å². The topological polar surface area (TPSA) is 42.0 Å². The van der Waals surface area contributed by atoms with Crippen LogP contribution in [-0.4, -0.2) is 16.9 Å². The van der Waals surface area contributed by atoms with Gasteiger partial charge < -0.3 is 5.32 Å². The van der Waals surface area contributed by atoms with E-state index in [2.05, 4.69) is 10.3 Å². The van der Waals surface area contributed by atoms with Gasteiger partial charge in [0.05, 0.1) is 5.56 Å². The van der Waals surface area contributed by atoms with Crippen LogP contribution in [0.3, 0.4) is 0 Å². The third-order valence-corrected chi connectivity index (χ3v) is 5.47. The van der Waals surface area contributed by atoms with E-state index >= 15 is 0 Å². The molecule has 0 radical (unpaired) electrons. The predicted octanol–water partition coefficient (Wildman–Crippen LogP) is 5.00. The maximum atomic E-state index is 14.5. The van der Waals surface area contributed by atoms with Crippen LogP contribution in [0.4, 0.5) is 17.6 Å². The van der Waals surface area contributed by atoms with E-state index in [0.717, 1.165) is 42.9 Å². The zero-order valence-electron chi connectivity index (χ0n) is 15.2. The lowest BCUT2D eigenvalue weighted by molar-refractivity contribution is -0.137. The minimum Gasteiger partial charge on any atom is -0.353 e. The van der Waals surface area contributed by atoms with Gasteiger partial charge in [-0.3, -0.25) is 9.78 Å². The summed E-state index contributed by atoms with van der Waals surface area (Å²) in [6.07, 6.45) is 3.37. The number of fused-ring (bicyclic) bond motifs is 1. The third kappa shape index (κ3) is 3.88. The fourth-order valence-electron chi connectivity index (χ4n) is 3.91. The highest BCUT2D eigenvalue weighted by Gasteiger charge is 2.32. The number of alkyl halides is 3. The van der Waals surface area contributed by atoms with E-state index < -0.39 is 17.6 Å². The molecule has 1 saturated carbocycles. The molecule has 1 fully saturated rings. The molecule has 1 unspecified atom stereocenters. The molecule has 2 aromatic rings. The van der Waals surface area contributed by atoms with Crippen molar-refractivity contribution in [2.75, 3.05) is 0 Å². The van der Waals surface area contributed by atoms with E-state index in [1.165, 1.54) is 12.3 Å². The summed E-state index contributed by atoms with van der Waals surface area (Å²) >= 11 is 0. The Kier molecular flexibility index (Phi) is 4.85. The Labute approximate surface area is 160 Å². The summed E-state index contributed by atoms with van der Waals surface area (Å²) in [6.45, 7) is 0. The Morgan fingerprint density at radius 1 is 1.14 bits per heavy atom. The maximum absolute atomic E-state index is 14.5. The highest BCUT2D eigenvalue weighted by atomic mass is 19.4. The van der Waals surface area contributed by atoms with Gasteiger partial charge in [-0.2, -0.15) is 13.2 Å². The monoisotopic (exact) mass is 392 g/mol. The Hall–Kier alpha value is -2.44. The summed E-state index contributed by atoms with van der Waals surface area (Å²) in [5, 5.41) is 2.98. The second kappa shape index (κ2) is 7.18. The smallest absolute Gasteiger partial charge is 0.353 e. The van der Waals surface area contributed by atoms with Gasteiger partial charge in [0.2, 0.25) is 5.91 Å². The van der Waals surface area contributed by atoms with Crippen molar-refractivity contribution in [3.8, 4) is 11.1 Å². The lowest BCUT2D eigenvalue weighted by Gasteiger charge is -2.27. The van der Waals surface area contributed by atoms with Crippen molar-refractivity contribution in [1.29, 1.82) is 0 Å². The number of nitrogens with one attached hydrogen (secondary N) is 1. The molecule has 1 aromatic heterocycles. The Balaban J connectivity index is 1.65. The SMILES string of the molecule is O=C(CC1CCCc2c(-c3ccc(C(F)(F)F)cc3F)cncc21)NC1CC1.